The standard InChI is InChI=1S/C13H16F3N/c1-9-8-10(14)2-3-11(9)12(17)4-6-13(15,16)7-5-12/h2-3,8H,4-7,17H2,1H3. The van der Waals surface area contributed by atoms with E-state index < -0.39 is 11.5 Å². The highest BCUT2D eigenvalue weighted by Gasteiger charge is 2.42. The summed E-state index contributed by atoms with van der Waals surface area (Å²) in [5.74, 6) is -2.92. The molecule has 0 saturated heterocycles. The maximum Gasteiger partial charge on any atom is 0.248 e. The molecular formula is C13H16F3N. The van der Waals surface area contributed by atoms with Gasteiger partial charge in [0.25, 0.3) is 0 Å². The molecule has 0 heterocycles. The lowest BCUT2D eigenvalue weighted by molar-refractivity contribution is -0.0514. The molecule has 94 valence electrons. The van der Waals surface area contributed by atoms with Crippen LogP contribution in [-0.4, -0.2) is 5.92 Å². The molecule has 1 fully saturated rings. The SMILES string of the molecule is Cc1cc(F)ccc1C1(N)CCC(F)(F)CC1. The van der Waals surface area contributed by atoms with Gasteiger partial charge in [0.05, 0.1) is 0 Å². The zero-order valence-electron chi connectivity index (χ0n) is 9.77. The van der Waals surface area contributed by atoms with Gasteiger partial charge in [0, 0.05) is 18.4 Å². The van der Waals surface area contributed by atoms with Gasteiger partial charge < -0.3 is 5.73 Å². The average molecular weight is 243 g/mol. The Labute approximate surface area is 98.8 Å². The largest absolute Gasteiger partial charge is 0.321 e. The molecule has 1 aliphatic rings. The van der Waals surface area contributed by atoms with Crippen LogP contribution in [0.2, 0.25) is 0 Å². The van der Waals surface area contributed by atoms with E-state index in [1.165, 1.54) is 12.1 Å². The molecule has 1 aromatic rings. The number of hydrogen-bond acceptors (Lipinski definition) is 1. The lowest BCUT2D eigenvalue weighted by atomic mass is 9.75. The molecule has 0 atom stereocenters. The Bertz CT molecular complexity index is 419. The van der Waals surface area contributed by atoms with Crippen molar-refractivity contribution in [3.05, 3.63) is 35.1 Å². The number of rotatable bonds is 1. The van der Waals surface area contributed by atoms with Gasteiger partial charge in [-0.15, -0.1) is 0 Å². The smallest absolute Gasteiger partial charge is 0.248 e. The Balaban J connectivity index is 2.27. The predicted molar refractivity (Wildman–Crippen MR) is 60.4 cm³/mol. The van der Waals surface area contributed by atoms with Crippen molar-refractivity contribution in [3.8, 4) is 0 Å². The van der Waals surface area contributed by atoms with Crippen LogP contribution < -0.4 is 5.73 Å². The molecule has 2 N–H and O–H groups in total. The summed E-state index contributed by atoms with van der Waals surface area (Å²) in [5.41, 5.74) is 6.98. The minimum atomic E-state index is -2.60. The fourth-order valence-corrected chi connectivity index (χ4v) is 2.52. The van der Waals surface area contributed by atoms with Crippen LogP contribution in [0.1, 0.15) is 36.8 Å². The number of hydrogen-bond donors (Lipinski definition) is 1. The van der Waals surface area contributed by atoms with Crippen molar-refractivity contribution in [2.75, 3.05) is 0 Å². The van der Waals surface area contributed by atoms with Gasteiger partial charge in [-0.1, -0.05) is 6.07 Å². The number of halogens is 3. The van der Waals surface area contributed by atoms with Crippen molar-refractivity contribution >= 4 is 0 Å². The first-order chi connectivity index (χ1) is 7.82. The van der Waals surface area contributed by atoms with E-state index in [-0.39, 0.29) is 31.5 Å². The van der Waals surface area contributed by atoms with Gasteiger partial charge in [-0.25, -0.2) is 13.2 Å². The topological polar surface area (TPSA) is 26.0 Å². The third kappa shape index (κ3) is 2.46. The molecular weight excluding hydrogens is 227 g/mol. The summed E-state index contributed by atoms with van der Waals surface area (Å²) in [7, 11) is 0. The van der Waals surface area contributed by atoms with Gasteiger partial charge in [-0.3, -0.25) is 0 Å². The monoisotopic (exact) mass is 243 g/mol. The summed E-state index contributed by atoms with van der Waals surface area (Å²) in [4.78, 5) is 0. The zero-order chi connectivity index (χ0) is 12.7. The van der Waals surface area contributed by atoms with E-state index in [0.29, 0.717) is 0 Å². The summed E-state index contributed by atoms with van der Waals surface area (Å²) in [6.07, 6.45) is 0.0968. The fourth-order valence-electron chi connectivity index (χ4n) is 2.52. The first-order valence-corrected chi connectivity index (χ1v) is 5.76. The molecule has 2 rings (SSSR count). The van der Waals surface area contributed by atoms with Crippen LogP contribution in [0, 0.1) is 12.7 Å². The Hall–Kier alpha value is -1.03. The van der Waals surface area contributed by atoms with Gasteiger partial charge in [0.1, 0.15) is 5.82 Å². The Morgan fingerprint density at radius 2 is 1.71 bits per heavy atom. The van der Waals surface area contributed by atoms with Gasteiger partial charge in [0.2, 0.25) is 5.92 Å². The molecule has 0 amide bonds. The third-order valence-electron chi connectivity index (χ3n) is 3.60. The molecule has 0 aromatic heterocycles. The van der Waals surface area contributed by atoms with Crippen molar-refractivity contribution in [3.63, 3.8) is 0 Å². The van der Waals surface area contributed by atoms with Gasteiger partial charge in [-0.2, -0.15) is 0 Å². The molecule has 0 aliphatic heterocycles. The van der Waals surface area contributed by atoms with Crippen molar-refractivity contribution in [1.29, 1.82) is 0 Å². The Kier molecular flexibility index (Phi) is 2.94. The maximum atomic E-state index is 13.1. The second-order valence-electron chi connectivity index (χ2n) is 4.97. The van der Waals surface area contributed by atoms with Crippen LogP contribution in [0.3, 0.4) is 0 Å². The maximum absolute atomic E-state index is 13.1. The summed E-state index contributed by atoms with van der Waals surface area (Å²) >= 11 is 0. The molecule has 1 nitrogen and oxygen atoms in total. The molecule has 0 radical (unpaired) electrons. The summed E-state index contributed by atoms with van der Waals surface area (Å²) < 4.78 is 39.2. The summed E-state index contributed by atoms with van der Waals surface area (Å²) in [6.45, 7) is 1.76. The number of aryl methyl sites for hydroxylation is 1. The summed E-state index contributed by atoms with van der Waals surface area (Å²) in [6, 6.07) is 4.36. The quantitative estimate of drug-likeness (QED) is 0.802. The first-order valence-electron chi connectivity index (χ1n) is 5.76. The molecule has 0 unspecified atom stereocenters. The third-order valence-corrected chi connectivity index (χ3v) is 3.60. The van der Waals surface area contributed by atoms with E-state index in [4.69, 9.17) is 5.73 Å². The molecule has 1 aliphatic carbocycles. The second kappa shape index (κ2) is 4.02. The minimum absolute atomic E-state index is 0.194. The van der Waals surface area contributed by atoms with Crippen LogP contribution in [0.5, 0.6) is 0 Å². The Morgan fingerprint density at radius 1 is 1.12 bits per heavy atom. The fraction of sp³-hybridized carbons (Fsp3) is 0.538. The van der Waals surface area contributed by atoms with Crippen LogP contribution in [-0.2, 0) is 5.54 Å². The normalized spacial score (nSPS) is 22.4. The van der Waals surface area contributed by atoms with Crippen LogP contribution >= 0.6 is 0 Å². The molecule has 1 saturated carbocycles. The van der Waals surface area contributed by atoms with Crippen molar-refractivity contribution < 1.29 is 13.2 Å². The molecule has 1 aromatic carbocycles. The number of benzene rings is 1. The van der Waals surface area contributed by atoms with E-state index in [1.807, 2.05) is 0 Å². The number of nitrogens with two attached hydrogens (primary N) is 1. The van der Waals surface area contributed by atoms with Gasteiger partial charge in [-0.05, 0) is 43.0 Å². The Morgan fingerprint density at radius 3 is 2.24 bits per heavy atom. The van der Waals surface area contributed by atoms with Crippen LogP contribution in [0.25, 0.3) is 0 Å². The molecule has 17 heavy (non-hydrogen) atoms. The summed E-state index contributed by atoms with van der Waals surface area (Å²) in [5, 5.41) is 0. The predicted octanol–water partition coefficient (Wildman–Crippen LogP) is 3.50. The van der Waals surface area contributed by atoms with Crippen molar-refractivity contribution in [2.24, 2.45) is 5.73 Å². The first kappa shape index (κ1) is 12.4. The van der Waals surface area contributed by atoms with E-state index >= 15 is 0 Å². The van der Waals surface area contributed by atoms with Crippen molar-refractivity contribution in [2.45, 2.75) is 44.1 Å². The van der Waals surface area contributed by atoms with E-state index in [9.17, 15) is 13.2 Å². The van der Waals surface area contributed by atoms with Crippen LogP contribution in [0.15, 0.2) is 18.2 Å². The average Bonchev–Trinajstić information content (AvgIpc) is 2.23. The highest BCUT2D eigenvalue weighted by atomic mass is 19.3. The van der Waals surface area contributed by atoms with Gasteiger partial charge >= 0.3 is 0 Å². The minimum Gasteiger partial charge on any atom is -0.321 e. The highest BCUT2D eigenvalue weighted by Crippen LogP contribution is 2.43. The van der Waals surface area contributed by atoms with E-state index in [0.717, 1.165) is 11.1 Å². The van der Waals surface area contributed by atoms with Gasteiger partial charge in [0.15, 0.2) is 0 Å². The van der Waals surface area contributed by atoms with Crippen molar-refractivity contribution in [1.82, 2.24) is 0 Å². The zero-order valence-corrected chi connectivity index (χ0v) is 9.77. The van der Waals surface area contributed by atoms with E-state index in [1.54, 1.807) is 13.0 Å². The molecule has 0 spiro atoms. The van der Waals surface area contributed by atoms with Crippen LogP contribution in [0.4, 0.5) is 13.2 Å². The highest BCUT2D eigenvalue weighted by molar-refractivity contribution is 5.33. The molecule has 0 bridgehead atoms. The lowest BCUT2D eigenvalue weighted by Crippen LogP contribution is -2.44. The van der Waals surface area contributed by atoms with E-state index in [2.05, 4.69) is 0 Å². The molecule has 4 heteroatoms. The second-order valence-corrected chi connectivity index (χ2v) is 4.97. The lowest BCUT2D eigenvalue weighted by Gasteiger charge is -2.38. The number of alkyl halides is 2.